The summed E-state index contributed by atoms with van der Waals surface area (Å²) in [4.78, 5) is 16.0. The number of amides is 1. The third-order valence-electron chi connectivity index (χ3n) is 2.83. The summed E-state index contributed by atoms with van der Waals surface area (Å²) >= 11 is 1.21. The lowest BCUT2D eigenvalue weighted by atomic mass is 10.2. The van der Waals surface area contributed by atoms with E-state index < -0.39 is 11.6 Å². The summed E-state index contributed by atoms with van der Waals surface area (Å²) in [6.07, 6.45) is 3.26. The molecule has 2 heterocycles. The number of rotatable bonds is 4. The summed E-state index contributed by atoms with van der Waals surface area (Å²) in [6, 6.07) is 5.26. The zero-order chi connectivity index (χ0) is 15.5. The largest absolute Gasteiger partial charge is 0.300 e. The fourth-order valence-corrected chi connectivity index (χ4v) is 2.55. The predicted molar refractivity (Wildman–Crippen MR) is 78.3 cm³/mol. The second-order valence-corrected chi connectivity index (χ2v) is 5.28. The number of nitrogens with one attached hydrogen (secondary N) is 1. The lowest BCUT2D eigenvalue weighted by molar-refractivity contribution is -0.116. The van der Waals surface area contributed by atoms with Crippen LogP contribution in [0.3, 0.4) is 0 Å². The van der Waals surface area contributed by atoms with Crippen molar-refractivity contribution in [2.24, 2.45) is 0 Å². The third kappa shape index (κ3) is 3.17. The highest BCUT2D eigenvalue weighted by molar-refractivity contribution is 7.14. The number of nitrogens with zero attached hydrogens (tertiary/aromatic N) is 3. The molecular formula is C14H10F2N4OS. The van der Waals surface area contributed by atoms with E-state index in [1.165, 1.54) is 22.1 Å². The number of benzene rings is 1. The Balaban J connectivity index is 1.70. The van der Waals surface area contributed by atoms with Gasteiger partial charge in [-0.2, -0.15) is 5.10 Å². The number of anilines is 1. The maximum Gasteiger partial charge on any atom is 0.247 e. The molecule has 0 bridgehead atoms. The lowest BCUT2D eigenvalue weighted by Gasteiger charge is -2.01. The molecule has 0 unspecified atom stereocenters. The maximum absolute atomic E-state index is 13.2. The highest BCUT2D eigenvalue weighted by atomic mass is 32.1. The van der Waals surface area contributed by atoms with E-state index in [0.717, 1.165) is 12.1 Å². The second kappa shape index (κ2) is 6.02. The van der Waals surface area contributed by atoms with Gasteiger partial charge in [0.25, 0.3) is 0 Å². The molecule has 112 valence electrons. The van der Waals surface area contributed by atoms with E-state index in [0.29, 0.717) is 16.4 Å². The lowest BCUT2D eigenvalue weighted by Crippen LogP contribution is -2.18. The van der Waals surface area contributed by atoms with Crippen LogP contribution in [0.4, 0.5) is 13.9 Å². The Hall–Kier alpha value is -2.61. The quantitative estimate of drug-likeness (QED) is 0.804. The summed E-state index contributed by atoms with van der Waals surface area (Å²) in [7, 11) is 0. The SMILES string of the molecule is O=C(Cn1cccn1)Nc1nc(-c2ccc(F)c(F)c2)cs1. The number of thiazole rings is 1. The van der Waals surface area contributed by atoms with Gasteiger partial charge in [-0.3, -0.25) is 9.48 Å². The van der Waals surface area contributed by atoms with Crippen LogP contribution >= 0.6 is 11.3 Å². The summed E-state index contributed by atoms with van der Waals surface area (Å²) in [5.74, 6) is -2.11. The number of carbonyl (C=O) groups excluding carboxylic acids is 1. The van der Waals surface area contributed by atoms with Crippen molar-refractivity contribution >= 4 is 22.4 Å². The molecule has 0 aliphatic carbocycles. The zero-order valence-corrected chi connectivity index (χ0v) is 12.0. The first-order chi connectivity index (χ1) is 10.6. The van der Waals surface area contributed by atoms with Gasteiger partial charge in [0, 0.05) is 23.3 Å². The smallest absolute Gasteiger partial charge is 0.247 e. The predicted octanol–water partition coefficient (Wildman–Crippen LogP) is 2.92. The van der Waals surface area contributed by atoms with Crippen LogP contribution in [0.5, 0.6) is 0 Å². The third-order valence-corrected chi connectivity index (χ3v) is 3.59. The van der Waals surface area contributed by atoms with Crippen LogP contribution in [-0.2, 0) is 11.3 Å². The first-order valence-electron chi connectivity index (χ1n) is 6.30. The molecule has 1 N–H and O–H groups in total. The van der Waals surface area contributed by atoms with Crippen molar-refractivity contribution in [3.63, 3.8) is 0 Å². The Morgan fingerprint density at radius 1 is 1.32 bits per heavy atom. The minimum Gasteiger partial charge on any atom is -0.300 e. The zero-order valence-electron chi connectivity index (χ0n) is 11.2. The Labute approximate surface area is 128 Å². The van der Waals surface area contributed by atoms with E-state index in [1.807, 2.05) is 0 Å². The Bertz CT molecular complexity index is 801. The molecule has 1 aromatic carbocycles. The van der Waals surface area contributed by atoms with Crippen molar-refractivity contribution in [1.82, 2.24) is 14.8 Å². The van der Waals surface area contributed by atoms with Gasteiger partial charge in [0.05, 0.1) is 5.69 Å². The van der Waals surface area contributed by atoms with Crippen LogP contribution in [0, 0.1) is 11.6 Å². The average molecular weight is 320 g/mol. The van der Waals surface area contributed by atoms with Gasteiger partial charge in [0.1, 0.15) is 6.54 Å². The number of hydrogen-bond donors (Lipinski definition) is 1. The molecule has 0 saturated carbocycles. The molecule has 5 nitrogen and oxygen atoms in total. The topological polar surface area (TPSA) is 59.8 Å². The Kier molecular flexibility index (Phi) is 3.92. The molecule has 1 amide bonds. The molecule has 0 spiro atoms. The summed E-state index contributed by atoms with van der Waals surface area (Å²) in [5, 5.41) is 8.62. The highest BCUT2D eigenvalue weighted by Gasteiger charge is 2.10. The van der Waals surface area contributed by atoms with Crippen molar-refractivity contribution in [2.45, 2.75) is 6.54 Å². The van der Waals surface area contributed by atoms with Gasteiger partial charge in [0.2, 0.25) is 5.91 Å². The van der Waals surface area contributed by atoms with Crippen molar-refractivity contribution in [3.8, 4) is 11.3 Å². The molecule has 2 aromatic heterocycles. The molecule has 8 heteroatoms. The number of carbonyl (C=O) groups is 1. The fraction of sp³-hybridized carbons (Fsp3) is 0.0714. The molecule has 3 aromatic rings. The van der Waals surface area contributed by atoms with Gasteiger partial charge in [-0.25, -0.2) is 13.8 Å². The normalized spacial score (nSPS) is 10.6. The first-order valence-corrected chi connectivity index (χ1v) is 7.18. The highest BCUT2D eigenvalue weighted by Crippen LogP contribution is 2.26. The van der Waals surface area contributed by atoms with E-state index in [1.54, 1.807) is 23.8 Å². The summed E-state index contributed by atoms with van der Waals surface area (Å²) in [5.41, 5.74) is 0.918. The van der Waals surface area contributed by atoms with Gasteiger partial charge >= 0.3 is 0 Å². The van der Waals surface area contributed by atoms with Crippen molar-refractivity contribution in [2.75, 3.05) is 5.32 Å². The van der Waals surface area contributed by atoms with Crippen LogP contribution in [0.15, 0.2) is 42.0 Å². The van der Waals surface area contributed by atoms with Crippen LogP contribution in [-0.4, -0.2) is 20.7 Å². The number of hydrogen-bond acceptors (Lipinski definition) is 4. The van der Waals surface area contributed by atoms with E-state index in [2.05, 4.69) is 15.4 Å². The molecule has 0 saturated heterocycles. The van der Waals surface area contributed by atoms with Crippen LogP contribution in [0.25, 0.3) is 11.3 Å². The molecule has 0 aliphatic heterocycles. The molecular weight excluding hydrogens is 310 g/mol. The number of aromatic nitrogens is 3. The Morgan fingerprint density at radius 2 is 2.18 bits per heavy atom. The first kappa shape index (κ1) is 14.3. The van der Waals surface area contributed by atoms with Crippen molar-refractivity contribution < 1.29 is 13.6 Å². The minimum atomic E-state index is -0.935. The molecule has 0 fully saturated rings. The molecule has 22 heavy (non-hydrogen) atoms. The van der Waals surface area contributed by atoms with Gasteiger partial charge in [-0.1, -0.05) is 0 Å². The van der Waals surface area contributed by atoms with Gasteiger partial charge in [-0.05, 0) is 24.3 Å². The van der Waals surface area contributed by atoms with E-state index in [9.17, 15) is 13.6 Å². The molecule has 0 atom stereocenters. The number of halogens is 2. The van der Waals surface area contributed by atoms with Gasteiger partial charge < -0.3 is 5.32 Å². The molecule has 0 aliphatic rings. The van der Waals surface area contributed by atoms with Crippen molar-refractivity contribution in [3.05, 3.63) is 53.7 Å². The average Bonchev–Trinajstić information content (AvgIpc) is 3.13. The Morgan fingerprint density at radius 3 is 2.91 bits per heavy atom. The van der Waals surface area contributed by atoms with Gasteiger partial charge in [-0.15, -0.1) is 11.3 Å². The maximum atomic E-state index is 13.2. The van der Waals surface area contributed by atoms with E-state index in [4.69, 9.17) is 0 Å². The van der Waals surface area contributed by atoms with E-state index in [-0.39, 0.29) is 12.5 Å². The van der Waals surface area contributed by atoms with Crippen LogP contribution in [0.1, 0.15) is 0 Å². The van der Waals surface area contributed by atoms with Crippen LogP contribution < -0.4 is 5.32 Å². The standard InChI is InChI=1S/C14H10F2N4OS/c15-10-3-2-9(6-11(10)16)12-8-22-14(18-12)19-13(21)7-20-5-1-4-17-20/h1-6,8H,7H2,(H,18,19,21). The van der Waals surface area contributed by atoms with Crippen LogP contribution in [0.2, 0.25) is 0 Å². The summed E-state index contributed by atoms with van der Waals surface area (Å²) in [6.45, 7) is 0.0765. The van der Waals surface area contributed by atoms with Gasteiger partial charge in [0.15, 0.2) is 16.8 Å². The van der Waals surface area contributed by atoms with Crippen molar-refractivity contribution in [1.29, 1.82) is 0 Å². The van der Waals surface area contributed by atoms with E-state index >= 15 is 0 Å². The molecule has 0 radical (unpaired) electrons. The summed E-state index contributed by atoms with van der Waals surface area (Å²) < 4.78 is 27.6. The minimum absolute atomic E-state index is 0.0765. The monoisotopic (exact) mass is 320 g/mol. The fourth-order valence-electron chi connectivity index (χ4n) is 1.82. The molecule has 3 rings (SSSR count). The second-order valence-electron chi connectivity index (χ2n) is 4.42.